The first-order chi connectivity index (χ1) is 10.2. The fraction of sp³-hybridized carbons (Fsp3) is 0.688. The molecule has 0 saturated heterocycles. The van der Waals surface area contributed by atoms with Crippen molar-refractivity contribution < 1.29 is 14.7 Å². The van der Waals surface area contributed by atoms with E-state index in [9.17, 15) is 14.7 Å². The van der Waals surface area contributed by atoms with Crippen molar-refractivity contribution >= 4 is 17.6 Å². The summed E-state index contributed by atoms with van der Waals surface area (Å²) in [6.07, 6.45) is 7.61. The molecule has 0 aliphatic heterocycles. The average molecular weight is 307 g/mol. The molecule has 0 aromatic carbocycles. The number of hydrogen-bond acceptors (Lipinski definition) is 3. The molecule has 2 N–H and O–H groups in total. The summed E-state index contributed by atoms with van der Waals surface area (Å²) in [7, 11) is 0. The molecule has 2 rings (SSSR count). The summed E-state index contributed by atoms with van der Waals surface area (Å²) < 4.78 is 1.35. The maximum absolute atomic E-state index is 12.5. The summed E-state index contributed by atoms with van der Waals surface area (Å²) in [4.78, 5) is 23.8. The van der Waals surface area contributed by atoms with Gasteiger partial charge < -0.3 is 10.4 Å². The second-order valence-electron chi connectivity index (χ2n) is 7.19. The standard InChI is InChI=1S/C16H25N3O3/c1-15(2,11-7-5-6-8-11)13(20)18-12-9-17-19(10-12)16(3,4)14(21)22/h9-11H,5-8H2,1-4H3,(H,18,20)(H,21,22). The summed E-state index contributed by atoms with van der Waals surface area (Å²) >= 11 is 0. The van der Waals surface area contributed by atoms with Crippen LogP contribution in [0.25, 0.3) is 0 Å². The van der Waals surface area contributed by atoms with Crippen LogP contribution < -0.4 is 5.32 Å². The highest BCUT2D eigenvalue weighted by atomic mass is 16.4. The Balaban J connectivity index is 2.09. The maximum atomic E-state index is 12.5. The summed E-state index contributed by atoms with van der Waals surface area (Å²) in [6.45, 7) is 7.08. The lowest BCUT2D eigenvalue weighted by molar-refractivity contribution is -0.146. The molecule has 1 aliphatic carbocycles. The summed E-state index contributed by atoms with van der Waals surface area (Å²) in [5, 5.41) is 16.1. The zero-order valence-electron chi connectivity index (χ0n) is 13.7. The number of nitrogens with one attached hydrogen (secondary N) is 1. The van der Waals surface area contributed by atoms with Crippen molar-refractivity contribution in [1.82, 2.24) is 9.78 Å². The Kier molecular flexibility index (Phi) is 4.31. The van der Waals surface area contributed by atoms with Crippen LogP contribution in [0, 0.1) is 11.3 Å². The van der Waals surface area contributed by atoms with Crippen molar-refractivity contribution in [2.24, 2.45) is 11.3 Å². The molecular weight excluding hydrogens is 282 g/mol. The molecule has 1 saturated carbocycles. The molecule has 0 unspecified atom stereocenters. The number of amides is 1. The lowest BCUT2D eigenvalue weighted by atomic mass is 9.77. The summed E-state index contributed by atoms with van der Waals surface area (Å²) in [5.74, 6) is -0.607. The number of carbonyl (C=O) groups is 2. The number of carbonyl (C=O) groups excluding carboxylic acids is 1. The van der Waals surface area contributed by atoms with E-state index in [0.717, 1.165) is 12.8 Å². The van der Waals surface area contributed by atoms with Crippen LogP contribution in [-0.2, 0) is 15.1 Å². The van der Waals surface area contributed by atoms with Gasteiger partial charge in [0.05, 0.1) is 11.9 Å². The first-order valence-electron chi connectivity index (χ1n) is 7.75. The third-order valence-corrected chi connectivity index (χ3v) is 4.90. The van der Waals surface area contributed by atoms with Gasteiger partial charge >= 0.3 is 5.97 Å². The third-order valence-electron chi connectivity index (χ3n) is 4.90. The van der Waals surface area contributed by atoms with Gasteiger partial charge in [0.15, 0.2) is 5.54 Å². The lowest BCUT2D eigenvalue weighted by Gasteiger charge is -2.29. The second kappa shape index (κ2) is 5.74. The minimum atomic E-state index is -1.15. The summed E-state index contributed by atoms with van der Waals surface area (Å²) in [6, 6.07) is 0. The van der Waals surface area contributed by atoms with E-state index < -0.39 is 16.9 Å². The van der Waals surface area contributed by atoms with Crippen molar-refractivity contribution in [1.29, 1.82) is 0 Å². The van der Waals surface area contributed by atoms with Crippen LogP contribution in [0.15, 0.2) is 12.4 Å². The molecule has 1 amide bonds. The molecule has 1 aliphatic rings. The van der Waals surface area contributed by atoms with E-state index >= 15 is 0 Å². The highest BCUT2D eigenvalue weighted by Gasteiger charge is 2.38. The Morgan fingerprint density at radius 1 is 1.27 bits per heavy atom. The number of aromatic nitrogens is 2. The molecule has 0 spiro atoms. The van der Waals surface area contributed by atoms with Crippen LogP contribution in [0.3, 0.4) is 0 Å². The Bertz CT molecular complexity index is 569. The average Bonchev–Trinajstić information content (AvgIpc) is 3.09. The van der Waals surface area contributed by atoms with Gasteiger partial charge in [-0.05, 0) is 32.6 Å². The topological polar surface area (TPSA) is 84.2 Å². The van der Waals surface area contributed by atoms with Crippen LogP contribution in [0.2, 0.25) is 0 Å². The number of carboxylic acid groups (broad SMARTS) is 1. The highest BCUT2D eigenvalue weighted by Crippen LogP contribution is 2.40. The van der Waals surface area contributed by atoms with Crippen molar-refractivity contribution in [2.75, 3.05) is 5.32 Å². The van der Waals surface area contributed by atoms with Crippen LogP contribution >= 0.6 is 0 Å². The molecular formula is C16H25N3O3. The second-order valence-corrected chi connectivity index (χ2v) is 7.19. The quantitative estimate of drug-likeness (QED) is 0.876. The Morgan fingerprint density at radius 2 is 1.86 bits per heavy atom. The Morgan fingerprint density at radius 3 is 2.41 bits per heavy atom. The smallest absolute Gasteiger partial charge is 0.331 e. The van der Waals surface area contributed by atoms with E-state index in [1.54, 1.807) is 20.0 Å². The molecule has 1 fully saturated rings. The highest BCUT2D eigenvalue weighted by molar-refractivity contribution is 5.94. The van der Waals surface area contributed by atoms with Gasteiger partial charge in [0.2, 0.25) is 5.91 Å². The molecule has 0 atom stereocenters. The Labute approximate surface area is 130 Å². The number of hydrogen-bond donors (Lipinski definition) is 2. The number of anilines is 1. The van der Waals surface area contributed by atoms with Gasteiger partial charge in [0.25, 0.3) is 0 Å². The predicted molar refractivity (Wildman–Crippen MR) is 83.6 cm³/mol. The minimum absolute atomic E-state index is 0.0351. The van der Waals surface area contributed by atoms with Crippen molar-refractivity contribution in [3.63, 3.8) is 0 Å². The molecule has 1 aromatic heterocycles. The van der Waals surface area contributed by atoms with E-state index in [1.807, 2.05) is 13.8 Å². The molecule has 0 radical (unpaired) electrons. The van der Waals surface area contributed by atoms with E-state index in [1.165, 1.54) is 23.7 Å². The van der Waals surface area contributed by atoms with Crippen LogP contribution in [0.5, 0.6) is 0 Å². The minimum Gasteiger partial charge on any atom is -0.479 e. The van der Waals surface area contributed by atoms with Crippen molar-refractivity contribution in [3.05, 3.63) is 12.4 Å². The lowest BCUT2D eigenvalue weighted by Crippen LogP contribution is -2.37. The first kappa shape index (κ1) is 16.5. The van der Waals surface area contributed by atoms with Crippen LogP contribution in [0.4, 0.5) is 5.69 Å². The third kappa shape index (κ3) is 3.00. The SMILES string of the molecule is CC(C)(C(=O)Nc1cnn(C(C)(C)C(=O)O)c1)C1CCCC1. The molecule has 6 heteroatoms. The fourth-order valence-electron chi connectivity index (χ4n) is 2.92. The van der Waals surface area contributed by atoms with E-state index in [0.29, 0.717) is 11.6 Å². The molecule has 0 bridgehead atoms. The van der Waals surface area contributed by atoms with Gasteiger partial charge in [-0.2, -0.15) is 5.10 Å². The maximum Gasteiger partial charge on any atom is 0.331 e. The van der Waals surface area contributed by atoms with Gasteiger partial charge in [-0.25, -0.2) is 4.79 Å². The molecule has 1 aromatic rings. The number of aliphatic carboxylic acids is 1. The predicted octanol–water partition coefficient (Wildman–Crippen LogP) is 2.86. The zero-order chi connectivity index (χ0) is 16.5. The van der Waals surface area contributed by atoms with E-state index in [4.69, 9.17) is 0 Å². The molecule has 22 heavy (non-hydrogen) atoms. The van der Waals surface area contributed by atoms with Gasteiger partial charge in [-0.1, -0.05) is 26.7 Å². The van der Waals surface area contributed by atoms with Crippen molar-refractivity contribution in [3.8, 4) is 0 Å². The van der Waals surface area contributed by atoms with Crippen molar-refractivity contribution in [2.45, 2.75) is 58.9 Å². The summed E-state index contributed by atoms with van der Waals surface area (Å²) in [5.41, 5.74) is -1.05. The van der Waals surface area contributed by atoms with E-state index in [2.05, 4.69) is 10.4 Å². The zero-order valence-corrected chi connectivity index (χ0v) is 13.7. The van der Waals surface area contributed by atoms with Gasteiger partial charge in [-0.3, -0.25) is 9.48 Å². The van der Waals surface area contributed by atoms with Gasteiger partial charge in [0.1, 0.15) is 0 Å². The molecule has 6 nitrogen and oxygen atoms in total. The fourth-order valence-corrected chi connectivity index (χ4v) is 2.92. The van der Waals surface area contributed by atoms with Gasteiger partial charge in [-0.15, -0.1) is 0 Å². The Hall–Kier alpha value is -1.85. The normalized spacial score (nSPS) is 16.7. The molecule has 122 valence electrons. The van der Waals surface area contributed by atoms with Crippen LogP contribution in [-0.4, -0.2) is 26.8 Å². The number of carboxylic acids is 1. The van der Waals surface area contributed by atoms with E-state index in [-0.39, 0.29) is 5.91 Å². The number of rotatable bonds is 5. The van der Waals surface area contributed by atoms with Crippen LogP contribution in [0.1, 0.15) is 53.4 Å². The molecule has 1 heterocycles. The monoisotopic (exact) mass is 307 g/mol. The first-order valence-corrected chi connectivity index (χ1v) is 7.75. The largest absolute Gasteiger partial charge is 0.479 e. The van der Waals surface area contributed by atoms with Gasteiger partial charge in [0, 0.05) is 11.6 Å². The number of nitrogens with zero attached hydrogens (tertiary/aromatic N) is 2.